The second-order valence-electron chi connectivity index (χ2n) is 4.01. The van der Waals surface area contributed by atoms with Gasteiger partial charge in [-0.1, -0.05) is 36.4 Å². The quantitative estimate of drug-likeness (QED) is 0.760. The van der Waals surface area contributed by atoms with Crippen molar-refractivity contribution in [1.29, 1.82) is 0 Å². The van der Waals surface area contributed by atoms with E-state index in [9.17, 15) is 9.90 Å². The Hall–Kier alpha value is -1.61. The van der Waals surface area contributed by atoms with Gasteiger partial charge < -0.3 is 10.4 Å². The summed E-state index contributed by atoms with van der Waals surface area (Å²) in [6.07, 6.45) is 2.40. The molecule has 3 heteroatoms. The molecule has 17 heavy (non-hydrogen) atoms. The highest BCUT2D eigenvalue weighted by Crippen LogP contribution is 2.03. The van der Waals surface area contributed by atoms with Crippen LogP contribution in [-0.4, -0.2) is 23.7 Å². The Morgan fingerprint density at radius 2 is 2.06 bits per heavy atom. The van der Waals surface area contributed by atoms with Gasteiger partial charge in [0.2, 0.25) is 5.91 Å². The molecule has 1 rings (SSSR count). The SMILES string of the molecule is C/C=C(/C)C(=O)NC(CO)Cc1ccccc1. The molecule has 1 atom stereocenters. The van der Waals surface area contributed by atoms with E-state index in [4.69, 9.17) is 0 Å². The van der Waals surface area contributed by atoms with Crippen LogP contribution in [0.1, 0.15) is 19.4 Å². The lowest BCUT2D eigenvalue weighted by Gasteiger charge is -2.16. The van der Waals surface area contributed by atoms with Crippen molar-refractivity contribution in [3.8, 4) is 0 Å². The number of carbonyl (C=O) groups excluding carboxylic acids is 1. The summed E-state index contributed by atoms with van der Waals surface area (Å²) in [6.45, 7) is 3.52. The molecule has 0 saturated heterocycles. The number of rotatable bonds is 5. The van der Waals surface area contributed by atoms with Crippen molar-refractivity contribution in [1.82, 2.24) is 5.32 Å². The molecule has 0 aliphatic heterocycles. The van der Waals surface area contributed by atoms with Gasteiger partial charge in [0.05, 0.1) is 12.6 Å². The summed E-state index contributed by atoms with van der Waals surface area (Å²) in [5, 5.41) is 12.1. The van der Waals surface area contributed by atoms with Crippen LogP contribution in [0.25, 0.3) is 0 Å². The van der Waals surface area contributed by atoms with Crippen LogP contribution in [0.2, 0.25) is 0 Å². The van der Waals surface area contributed by atoms with Crippen LogP contribution in [0.3, 0.4) is 0 Å². The van der Waals surface area contributed by atoms with Gasteiger partial charge in [-0.15, -0.1) is 0 Å². The monoisotopic (exact) mass is 233 g/mol. The highest BCUT2D eigenvalue weighted by atomic mass is 16.3. The van der Waals surface area contributed by atoms with Crippen molar-refractivity contribution >= 4 is 5.91 Å². The standard InChI is InChI=1S/C14H19NO2/c1-3-11(2)14(17)15-13(10-16)9-12-7-5-4-6-8-12/h3-8,13,16H,9-10H2,1-2H3,(H,15,17)/b11-3-. The Kier molecular flexibility index (Phi) is 5.43. The number of aliphatic hydroxyl groups excluding tert-OH is 1. The topological polar surface area (TPSA) is 49.3 Å². The third kappa shape index (κ3) is 4.41. The van der Waals surface area contributed by atoms with Crippen molar-refractivity contribution in [3.63, 3.8) is 0 Å². The molecule has 0 bridgehead atoms. The summed E-state index contributed by atoms with van der Waals surface area (Å²) >= 11 is 0. The maximum Gasteiger partial charge on any atom is 0.246 e. The van der Waals surface area contributed by atoms with E-state index in [1.54, 1.807) is 13.0 Å². The van der Waals surface area contributed by atoms with Crippen molar-refractivity contribution in [2.75, 3.05) is 6.61 Å². The fourth-order valence-electron chi connectivity index (χ4n) is 1.49. The first-order valence-corrected chi connectivity index (χ1v) is 5.76. The maximum atomic E-state index is 11.6. The molecule has 3 nitrogen and oxygen atoms in total. The minimum Gasteiger partial charge on any atom is -0.394 e. The number of hydrogen-bond acceptors (Lipinski definition) is 2. The van der Waals surface area contributed by atoms with E-state index in [1.807, 2.05) is 37.3 Å². The van der Waals surface area contributed by atoms with Gasteiger partial charge in [-0.3, -0.25) is 4.79 Å². The zero-order chi connectivity index (χ0) is 12.7. The van der Waals surface area contributed by atoms with Gasteiger partial charge in [0.25, 0.3) is 0 Å². The molecule has 0 radical (unpaired) electrons. The molecule has 0 aromatic heterocycles. The lowest BCUT2D eigenvalue weighted by molar-refractivity contribution is -0.118. The first-order valence-electron chi connectivity index (χ1n) is 5.76. The fourth-order valence-corrected chi connectivity index (χ4v) is 1.49. The molecule has 0 fully saturated rings. The molecule has 1 unspecified atom stereocenters. The molecule has 1 aromatic carbocycles. The van der Waals surface area contributed by atoms with Crippen LogP contribution in [0.4, 0.5) is 0 Å². The van der Waals surface area contributed by atoms with E-state index in [2.05, 4.69) is 5.32 Å². The van der Waals surface area contributed by atoms with Crippen LogP contribution >= 0.6 is 0 Å². The molecule has 1 aromatic rings. The summed E-state index contributed by atoms with van der Waals surface area (Å²) in [4.78, 5) is 11.6. The smallest absolute Gasteiger partial charge is 0.246 e. The van der Waals surface area contributed by atoms with Crippen molar-refractivity contribution in [2.45, 2.75) is 26.3 Å². The van der Waals surface area contributed by atoms with Gasteiger partial charge in [0.1, 0.15) is 0 Å². The second kappa shape index (κ2) is 6.86. The van der Waals surface area contributed by atoms with Crippen molar-refractivity contribution in [2.24, 2.45) is 0 Å². The number of amides is 1. The molecule has 92 valence electrons. The first kappa shape index (κ1) is 13.5. The molecule has 0 spiro atoms. The van der Waals surface area contributed by atoms with Gasteiger partial charge in [-0.25, -0.2) is 0 Å². The number of aliphatic hydroxyl groups is 1. The van der Waals surface area contributed by atoms with E-state index >= 15 is 0 Å². The highest BCUT2D eigenvalue weighted by Gasteiger charge is 2.12. The predicted octanol–water partition coefficient (Wildman–Crippen LogP) is 1.67. The van der Waals surface area contributed by atoms with Gasteiger partial charge in [0.15, 0.2) is 0 Å². The molecule has 2 N–H and O–H groups in total. The van der Waals surface area contributed by atoms with Crippen LogP contribution < -0.4 is 5.32 Å². The van der Waals surface area contributed by atoms with E-state index in [0.29, 0.717) is 12.0 Å². The lowest BCUT2D eigenvalue weighted by Crippen LogP contribution is -2.39. The van der Waals surface area contributed by atoms with Crippen LogP contribution in [0, 0.1) is 0 Å². The van der Waals surface area contributed by atoms with Gasteiger partial charge >= 0.3 is 0 Å². The van der Waals surface area contributed by atoms with E-state index in [1.165, 1.54) is 0 Å². The summed E-state index contributed by atoms with van der Waals surface area (Å²) in [5.41, 5.74) is 1.77. The third-order valence-electron chi connectivity index (χ3n) is 2.67. The van der Waals surface area contributed by atoms with Crippen molar-refractivity contribution < 1.29 is 9.90 Å². The molecule has 1 amide bonds. The Bertz CT molecular complexity index is 384. The van der Waals surface area contributed by atoms with Crippen LogP contribution in [0.5, 0.6) is 0 Å². The predicted molar refractivity (Wildman–Crippen MR) is 68.6 cm³/mol. The highest BCUT2D eigenvalue weighted by molar-refractivity contribution is 5.92. The van der Waals surface area contributed by atoms with Gasteiger partial charge in [-0.2, -0.15) is 0 Å². The normalized spacial score (nSPS) is 13.2. The summed E-state index contributed by atoms with van der Waals surface area (Å²) < 4.78 is 0. The lowest BCUT2D eigenvalue weighted by atomic mass is 10.1. The summed E-state index contributed by atoms with van der Waals surface area (Å²) in [5.74, 6) is -0.123. The number of hydrogen-bond donors (Lipinski definition) is 2. The largest absolute Gasteiger partial charge is 0.394 e. The number of allylic oxidation sites excluding steroid dienone is 1. The summed E-state index contributed by atoms with van der Waals surface area (Å²) in [7, 11) is 0. The Labute approximate surface area is 102 Å². The van der Waals surface area contributed by atoms with E-state index < -0.39 is 0 Å². The Morgan fingerprint density at radius 1 is 1.41 bits per heavy atom. The third-order valence-corrected chi connectivity index (χ3v) is 2.67. The number of benzene rings is 1. The molecular weight excluding hydrogens is 214 g/mol. The molecular formula is C14H19NO2. The zero-order valence-corrected chi connectivity index (χ0v) is 10.3. The minimum absolute atomic E-state index is 0.0579. The maximum absolute atomic E-state index is 11.6. The first-order chi connectivity index (χ1) is 8.17. The minimum atomic E-state index is -0.236. The molecule has 0 saturated carbocycles. The number of carbonyl (C=O) groups is 1. The molecule has 0 aliphatic carbocycles. The molecule has 0 aliphatic rings. The van der Waals surface area contributed by atoms with Gasteiger partial charge in [-0.05, 0) is 25.8 Å². The van der Waals surface area contributed by atoms with Crippen LogP contribution in [-0.2, 0) is 11.2 Å². The van der Waals surface area contributed by atoms with Crippen LogP contribution in [0.15, 0.2) is 42.0 Å². The van der Waals surface area contributed by atoms with E-state index in [0.717, 1.165) is 5.56 Å². The number of nitrogens with one attached hydrogen (secondary N) is 1. The average Bonchev–Trinajstić information content (AvgIpc) is 2.38. The van der Waals surface area contributed by atoms with Crippen molar-refractivity contribution in [3.05, 3.63) is 47.5 Å². The average molecular weight is 233 g/mol. The van der Waals surface area contributed by atoms with E-state index in [-0.39, 0.29) is 18.6 Å². The van der Waals surface area contributed by atoms with Gasteiger partial charge in [0, 0.05) is 5.57 Å². The zero-order valence-electron chi connectivity index (χ0n) is 10.3. The molecule has 0 heterocycles. The Morgan fingerprint density at radius 3 is 2.59 bits per heavy atom. The fraction of sp³-hybridized carbons (Fsp3) is 0.357. The second-order valence-corrected chi connectivity index (χ2v) is 4.01. The Balaban J connectivity index is 2.58. The summed E-state index contributed by atoms with van der Waals surface area (Å²) in [6, 6.07) is 9.57.